The van der Waals surface area contributed by atoms with Gasteiger partial charge in [-0.2, -0.15) is 4.99 Å². The maximum Gasteiger partial charge on any atom is 0.240 e. The second-order valence-electron chi connectivity index (χ2n) is 3.39. The van der Waals surface area contributed by atoms with Gasteiger partial charge in [-0.3, -0.25) is 0 Å². The highest BCUT2D eigenvalue weighted by Gasteiger charge is 2.00. The molecule has 3 heteroatoms. The largest absolute Gasteiger partial charge is 0.309 e. The number of isocyanates is 1. The first-order valence-electron chi connectivity index (χ1n) is 4.54. The average molecular weight is 190 g/mol. The third-order valence-electron chi connectivity index (χ3n) is 1.99. The van der Waals surface area contributed by atoms with E-state index in [1.165, 1.54) is 0 Å². The fourth-order valence-corrected chi connectivity index (χ4v) is 1.22. The molecule has 3 nitrogen and oxygen atoms in total. The van der Waals surface area contributed by atoms with E-state index in [9.17, 15) is 4.79 Å². The minimum absolute atomic E-state index is 0.726. The van der Waals surface area contributed by atoms with Crippen LogP contribution in [-0.2, 0) is 11.2 Å². The van der Waals surface area contributed by atoms with Crippen LogP contribution in [0.4, 0.5) is 5.69 Å². The quantitative estimate of drug-likeness (QED) is 0.535. The van der Waals surface area contributed by atoms with Gasteiger partial charge in [-0.25, -0.2) is 4.79 Å². The average Bonchev–Trinajstić information content (AvgIpc) is 2.17. The maximum atomic E-state index is 10.2. The van der Waals surface area contributed by atoms with Crippen LogP contribution in [0, 0.1) is 0 Å². The van der Waals surface area contributed by atoms with E-state index in [1.807, 2.05) is 38.4 Å². The lowest BCUT2D eigenvalue weighted by Gasteiger charge is -2.09. The van der Waals surface area contributed by atoms with Crippen molar-refractivity contribution in [3.63, 3.8) is 0 Å². The summed E-state index contributed by atoms with van der Waals surface area (Å²) in [5.41, 5.74) is 1.81. The van der Waals surface area contributed by atoms with Crippen LogP contribution in [0.5, 0.6) is 0 Å². The van der Waals surface area contributed by atoms with Crippen molar-refractivity contribution in [2.24, 2.45) is 4.99 Å². The molecule has 14 heavy (non-hydrogen) atoms. The Bertz CT molecular complexity index is 341. The van der Waals surface area contributed by atoms with Gasteiger partial charge in [-0.05, 0) is 32.1 Å². The summed E-state index contributed by atoms with van der Waals surface area (Å²) in [4.78, 5) is 15.9. The Morgan fingerprint density at radius 1 is 1.36 bits per heavy atom. The van der Waals surface area contributed by atoms with Crippen LogP contribution in [0.2, 0.25) is 0 Å². The minimum Gasteiger partial charge on any atom is -0.309 e. The highest BCUT2D eigenvalue weighted by molar-refractivity contribution is 5.53. The van der Waals surface area contributed by atoms with Crippen LogP contribution < -0.4 is 0 Å². The van der Waals surface area contributed by atoms with Crippen molar-refractivity contribution >= 4 is 11.8 Å². The van der Waals surface area contributed by atoms with Gasteiger partial charge < -0.3 is 4.90 Å². The van der Waals surface area contributed by atoms with E-state index in [2.05, 4.69) is 9.89 Å². The SMILES string of the molecule is CN(C)CCc1ccccc1N=C=O. The van der Waals surface area contributed by atoms with Crippen LogP contribution in [0.1, 0.15) is 5.56 Å². The Balaban J connectivity index is 2.79. The monoisotopic (exact) mass is 190 g/mol. The summed E-state index contributed by atoms with van der Waals surface area (Å²) in [6, 6.07) is 7.64. The standard InChI is InChI=1S/C11H14N2O/c1-13(2)8-7-10-5-3-4-6-11(10)12-9-14/h3-6H,7-8H2,1-2H3. The van der Waals surface area contributed by atoms with Crippen LogP contribution >= 0.6 is 0 Å². The Morgan fingerprint density at radius 2 is 2.07 bits per heavy atom. The minimum atomic E-state index is 0.726. The lowest BCUT2D eigenvalue weighted by Crippen LogP contribution is -2.15. The maximum absolute atomic E-state index is 10.2. The molecule has 0 unspecified atom stereocenters. The zero-order chi connectivity index (χ0) is 10.4. The predicted octanol–water partition coefficient (Wildman–Crippen LogP) is 1.76. The van der Waals surface area contributed by atoms with E-state index in [-0.39, 0.29) is 0 Å². The number of hydrogen-bond donors (Lipinski definition) is 0. The lowest BCUT2D eigenvalue weighted by molar-refractivity contribution is 0.414. The van der Waals surface area contributed by atoms with Gasteiger partial charge in [0.2, 0.25) is 6.08 Å². The first kappa shape index (κ1) is 10.6. The van der Waals surface area contributed by atoms with Crippen molar-refractivity contribution in [3.05, 3.63) is 29.8 Å². The molecular weight excluding hydrogens is 176 g/mol. The van der Waals surface area contributed by atoms with Gasteiger partial charge in [0.25, 0.3) is 0 Å². The summed E-state index contributed by atoms with van der Waals surface area (Å²) < 4.78 is 0. The number of carbonyl (C=O) groups excluding carboxylic acids is 1. The molecule has 74 valence electrons. The van der Waals surface area contributed by atoms with Gasteiger partial charge in [0, 0.05) is 6.54 Å². The topological polar surface area (TPSA) is 32.7 Å². The Kier molecular flexibility index (Phi) is 4.05. The van der Waals surface area contributed by atoms with Crippen molar-refractivity contribution in [2.45, 2.75) is 6.42 Å². The molecule has 0 aliphatic heterocycles. The number of benzene rings is 1. The van der Waals surface area contributed by atoms with Gasteiger partial charge in [-0.1, -0.05) is 18.2 Å². The lowest BCUT2D eigenvalue weighted by atomic mass is 10.1. The summed E-state index contributed by atoms with van der Waals surface area (Å²) in [5, 5.41) is 0. The number of aliphatic imine (C=N–C) groups is 1. The van der Waals surface area contributed by atoms with E-state index in [0.29, 0.717) is 0 Å². The molecule has 0 aliphatic carbocycles. The first-order chi connectivity index (χ1) is 6.74. The van der Waals surface area contributed by atoms with Gasteiger partial charge in [-0.15, -0.1) is 0 Å². The van der Waals surface area contributed by atoms with Crippen molar-refractivity contribution in [3.8, 4) is 0 Å². The molecule has 1 aromatic rings. The first-order valence-corrected chi connectivity index (χ1v) is 4.54. The van der Waals surface area contributed by atoms with Crippen LogP contribution in [-0.4, -0.2) is 31.6 Å². The van der Waals surface area contributed by atoms with Crippen molar-refractivity contribution in [1.82, 2.24) is 4.90 Å². The molecule has 0 aliphatic rings. The summed E-state index contributed by atoms with van der Waals surface area (Å²) in [7, 11) is 4.04. The van der Waals surface area contributed by atoms with E-state index < -0.39 is 0 Å². The number of likely N-dealkylation sites (N-methyl/N-ethyl adjacent to an activating group) is 1. The second kappa shape index (κ2) is 5.32. The molecule has 0 spiro atoms. The number of hydrogen-bond acceptors (Lipinski definition) is 3. The summed E-state index contributed by atoms with van der Waals surface area (Å²) >= 11 is 0. The number of nitrogens with zero attached hydrogens (tertiary/aromatic N) is 2. The zero-order valence-corrected chi connectivity index (χ0v) is 8.53. The summed E-state index contributed by atoms with van der Waals surface area (Å²) in [6.07, 6.45) is 2.47. The second-order valence-corrected chi connectivity index (χ2v) is 3.39. The Morgan fingerprint density at radius 3 is 2.71 bits per heavy atom. The van der Waals surface area contributed by atoms with Gasteiger partial charge in [0.1, 0.15) is 0 Å². The molecule has 0 fully saturated rings. The van der Waals surface area contributed by atoms with Gasteiger partial charge >= 0.3 is 0 Å². The third kappa shape index (κ3) is 3.13. The van der Waals surface area contributed by atoms with Crippen molar-refractivity contribution in [1.29, 1.82) is 0 Å². The van der Waals surface area contributed by atoms with E-state index in [4.69, 9.17) is 0 Å². The van der Waals surface area contributed by atoms with Crippen molar-refractivity contribution in [2.75, 3.05) is 20.6 Å². The predicted molar refractivity (Wildman–Crippen MR) is 56.5 cm³/mol. The molecule has 0 atom stereocenters. The van der Waals surface area contributed by atoms with Crippen LogP contribution in [0.3, 0.4) is 0 Å². The molecule has 1 rings (SSSR count). The Hall–Kier alpha value is -1.44. The molecule has 0 amide bonds. The van der Waals surface area contributed by atoms with Crippen LogP contribution in [0.15, 0.2) is 29.3 Å². The van der Waals surface area contributed by atoms with Crippen molar-refractivity contribution < 1.29 is 4.79 Å². The molecular formula is C11H14N2O. The fraction of sp³-hybridized carbons (Fsp3) is 0.364. The zero-order valence-electron chi connectivity index (χ0n) is 8.53. The molecule has 1 aromatic carbocycles. The van der Waals surface area contributed by atoms with E-state index >= 15 is 0 Å². The number of para-hydroxylation sites is 1. The highest BCUT2D eigenvalue weighted by atomic mass is 16.1. The van der Waals surface area contributed by atoms with E-state index in [1.54, 1.807) is 6.08 Å². The molecule has 0 heterocycles. The molecule has 0 bridgehead atoms. The normalized spacial score (nSPS) is 9.93. The van der Waals surface area contributed by atoms with Crippen LogP contribution in [0.25, 0.3) is 0 Å². The summed E-state index contributed by atoms with van der Waals surface area (Å²) in [5.74, 6) is 0. The smallest absolute Gasteiger partial charge is 0.240 e. The third-order valence-corrected chi connectivity index (χ3v) is 1.99. The molecule has 0 saturated heterocycles. The molecule has 0 aromatic heterocycles. The van der Waals surface area contributed by atoms with E-state index in [0.717, 1.165) is 24.2 Å². The Labute approximate surface area is 84.1 Å². The summed E-state index contributed by atoms with van der Waals surface area (Å²) in [6.45, 7) is 0.950. The molecule has 0 radical (unpaired) electrons. The molecule has 0 N–H and O–H groups in total. The van der Waals surface area contributed by atoms with Gasteiger partial charge in [0.05, 0.1) is 5.69 Å². The number of rotatable bonds is 4. The van der Waals surface area contributed by atoms with Gasteiger partial charge in [0.15, 0.2) is 0 Å². The highest BCUT2D eigenvalue weighted by Crippen LogP contribution is 2.18. The fourth-order valence-electron chi connectivity index (χ4n) is 1.22. The molecule has 0 saturated carbocycles.